The van der Waals surface area contributed by atoms with Crippen molar-refractivity contribution in [2.45, 2.75) is 103 Å². The molecular weight excluding hydrogens is 574 g/mol. The van der Waals surface area contributed by atoms with Crippen LogP contribution in [-0.2, 0) is 19.0 Å². The van der Waals surface area contributed by atoms with E-state index in [1.54, 1.807) is 14.0 Å². The van der Waals surface area contributed by atoms with Crippen LogP contribution in [-0.4, -0.2) is 47.8 Å². The smallest absolute Gasteiger partial charge is 0.343 e. The minimum Gasteiger partial charge on any atom is -0.492 e. The van der Waals surface area contributed by atoms with Gasteiger partial charge in [0, 0.05) is 36.4 Å². The first-order valence-corrected chi connectivity index (χ1v) is 18.1. The Hall–Kier alpha value is -2.83. The number of methoxy groups -OCH3 is 1. The molecule has 1 aromatic rings. The van der Waals surface area contributed by atoms with Crippen molar-refractivity contribution in [1.82, 2.24) is 4.90 Å². The highest BCUT2D eigenvalue weighted by atomic mass is 16.6. The van der Waals surface area contributed by atoms with E-state index < -0.39 is 6.10 Å². The Kier molecular flexibility index (Phi) is 7.76. The number of aliphatic hydroxyl groups excluding tert-OH is 1. The van der Waals surface area contributed by atoms with Gasteiger partial charge in [0.05, 0.1) is 18.8 Å². The van der Waals surface area contributed by atoms with Crippen molar-refractivity contribution in [2.75, 3.05) is 13.7 Å². The average Bonchev–Trinajstić information content (AvgIpc) is 3.78. The molecule has 7 aliphatic rings. The largest absolute Gasteiger partial charge is 0.492 e. The molecule has 4 aliphatic heterocycles. The molecule has 0 radical (unpaired) electrons. The SMILES string of the molecule is COC1=C(C)C(=O)OC1=C1OC2=CCCN3C(CC4C(CC5(CCCC5)C4c4ccccc4)C3C(O)C3C=CCC(C)C3)C2C1C. The molecule has 4 fully saturated rings. The predicted molar refractivity (Wildman–Crippen MR) is 177 cm³/mol. The monoisotopic (exact) mass is 625 g/mol. The van der Waals surface area contributed by atoms with Crippen molar-refractivity contribution in [2.24, 2.45) is 40.9 Å². The van der Waals surface area contributed by atoms with Gasteiger partial charge in [-0.25, -0.2) is 4.79 Å². The molecule has 8 rings (SSSR count). The second-order valence-corrected chi connectivity index (χ2v) is 15.7. The van der Waals surface area contributed by atoms with Gasteiger partial charge in [-0.1, -0.05) is 69.2 Å². The Labute approximate surface area is 274 Å². The number of carbonyl (C=O) groups excluding carboxylic acids is 1. The van der Waals surface area contributed by atoms with Crippen molar-refractivity contribution in [3.8, 4) is 0 Å². The van der Waals surface area contributed by atoms with Crippen molar-refractivity contribution in [3.63, 3.8) is 0 Å². The molecule has 2 saturated heterocycles. The molecule has 0 aromatic heterocycles. The Balaban J connectivity index is 1.23. The first kappa shape index (κ1) is 30.5. The predicted octanol–water partition coefficient (Wildman–Crippen LogP) is 7.63. The number of esters is 1. The minimum absolute atomic E-state index is 0.0108. The summed E-state index contributed by atoms with van der Waals surface area (Å²) in [7, 11) is 1.59. The standard InChI is InChI=1S/C40H51NO5/c1-23-12-10-15-27(20-23)35(42)34-29-22-40(17-8-9-18-40)33(26-13-6-5-7-14-26)28(29)21-30-32-24(2)37(45-31(32)16-11-19-41(30)34)38-36(44-4)25(3)39(43)46-38/h5-7,10,13-16,23-24,27-30,32-35,42H,8-9,11-12,17-22H2,1-4H3. The van der Waals surface area contributed by atoms with Gasteiger partial charge in [0.15, 0.2) is 11.5 Å². The van der Waals surface area contributed by atoms with Gasteiger partial charge >= 0.3 is 5.97 Å². The maximum Gasteiger partial charge on any atom is 0.343 e. The fraction of sp³-hybridized carbons (Fsp3) is 0.625. The number of fused-ring (bicyclic) bond motifs is 4. The van der Waals surface area contributed by atoms with Crippen molar-refractivity contribution in [3.05, 3.63) is 82.7 Å². The minimum atomic E-state index is -0.402. The van der Waals surface area contributed by atoms with E-state index >= 15 is 0 Å². The van der Waals surface area contributed by atoms with E-state index in [-0.39, 0.29) is 35.8 Å². The lowest BCUT2D eigenvalue weighted by atomic mass is 9.65. The molecular formula is C40H51NO5. The summed E-state index contributed by atoms with van der Waals surface area (Å²) < 4.78 is 18.2. The van der Waals surface area contributed by atoms with Gasteiger partial charge < -0.3 is 19.3 Å². The number of nitrogens with zero attached hydrogens (tertiary/aromatic N) is 1. The Bertz CT molecular complexity index is 1480. The summed E-state index contributed by atoms with van der Waals surface area (Å²) in [5.74, 6) is 4.64. The van der Waals surface area contributed by atoms with Crippen LogP contribution >= 0.6 is 0 Å². The van der Waals surface area contributed by atoms with Crippen LogP contribution in [0.1, 0.15) is 90.0 Å². The van der Waals surface area contributed by atoms with Crippen molar-refractivity contribution >= 4 is 5.97 Å². The van der Waals surface area contributed by atoms with Crippen LogP contribution < -0.4 is 0 Å². The van der Waals surface area contributed by atoms with Gasteiger partial charge in [-0.2, -0.15) is 0 Å². The third-order valence-electron chi connectivity index (χ3n) is 13.3. The van der Waals surface area contributed by atoms with Crippen LogP contribution in [0.25, 0.3) is 0 Å². The molecule has 46 heavy (non-hydrogen) atoms. The molecule has 2 saturated carbocycles. The Morgan fingerprint density at radius 1 is 1.07 bits per heavy atom. The number of aliphatic hydroxyl groups is 1. The van der Waals surface area contributed by atoms with Crippen molar-refractivity contribution < 1.29 is 24.1 Å². The van der Waals surface area contributed by atoms with Gasteiger partial charge in [0.25, 0.3) is 0 Å². The second-order valence-electron chi connectivity index (χ2n) is 15.7. The summed E-state index contributed by atoms with van der Waals surface area (Å²) in [4.78, 5) is 15.4. The summed E-state index contributed by atoms with van der Waals surface area (Å²) in [6.07, 6.45) is 17.1. The van der Waals surface area contributed by atoms with Gasteiger partial charge in [0.1, 0.15) is 5.76 Å². The molecule has 0 bridgehead atoms. The molecule has 6 nitrogen and oxygen atoms in total. The van der Waals surface area contributed by atoms with E-state index in [0.717, 1.165) is 38.0 Å². The van der Waals surface area contributed by atoms with Gasteiger partial charge in [-0.05, 0) is 92.6 Å². The zero-order chi connectivity index (χ0) is 31.7. The number of rotatable bonds is 4. The third kappa shape index (κ3) is 4.68. The van der Waals surface area contributed by atoms with Crippen LogP contribution in [0, 0.1) is 40.9 Å². The zero-order valence-electron chi connectivity index (χ0n) is 28.0. The third-order valence-corrected chi connectivity index (χ3v) is 13.3. The first-order valence-electron chi connectivity index (χ1n) is 18.1. The molecule has 1 N–H and O–H groups in total. The molecule has 246 valence electrons. The normalized spacial score (nSPS) is 40.6. The highest BCUT2D eigenvalue weighted by Crippen LogP contribution is 2.67. The number of cyclic esters (lactones) is 1. The van der Waals surface area contributed by atoms with E-state index in [4.69, 9.17) is 14.2 Å². The summed E-state index contributed by atoms with van der Waals surface area (Å²) in [5.41, 5.74) is 2.29. The molecule has 0 amide bonds. The van der Waals surface area contributed by atoms with Crippen LogP contribution in [0.2, 0.25) is 0 Å². The highest BCUT2D eigenvalue weighted by Gasteiger charge is 2.63. The molecule has 10 atom stereocenters. The average molecular weight is 626 g/mol. The van der Waals surface area contributed by atoms with E-state index in [9.17, 15) is 9.90 Å². The fourth-order valence-corrected chi connectivity index (χ4v) is 11.5. The second kappa shape index (κ2) is 11.7. The lowest BCUT2D eigenvalue weighted by Gasteiger charge is -2.53. The maximum absolute atomic E-state index is 12.6. The highest BCUT2D eigenvalue weighted by molar-refractivity contribution is 5.93. The molecule has 3 aliphatic carbocycles. The number of piperidine rings is 1. The number of hydrogen-bond acceptors (Lipinski definition) is 6. The van der Waals surface area contributed by atoms with Crippen molar-refractivity contribution in [1.29, 1.82) is 0 Å². The first-order chi connectivity index (χ1) is 22.3. The van der Waals surface area contributed by atoms with Crippen LogP contribution in [0.5, 0.6) is 0 Å². The molecule has 1 aromatic carbocycles. The number of ether oxygens (including phenoxy) is 3. The van der Waals surface area contributed by atoms with E-state index in [1.807, 2.05) is 0 Å². The maximum atomic E-state index is 12.6. The molecule has 1 spiro atoms. The van der Waals surface area contributed by atoms with E-state index in [0.29, 0.717) is 51.9 Å². The lowest BCUT2D eigenvalue weighted by molar-refractivity contribution is -0.133. The zero-order valence-corrected chi connectivity index (χ0v) is 28.0. The number of allylic oxidation sites excluding steroid dienone is 2. The number of carbonyl (C=O) groups is 1. The summed E-state index contributed by atoms with van der Waals surface area (Å²) >= 11 is 0. The van der Waals surface area contributed by atoms with E-state index in [1.165, 1.54) is 37.7 Å². The quantitative estimate of drug-likeness (QED) is 0.274. The van der Waals surface area contributed by atoms with Gasteiger partial charge in [-0.3, -0.25) is 4.90 Å². The number of benzene rings is 1. The van der Waals surface area contributed by atoms with Gasteiger partial charge in [-0.15, -0.1) is 0 Å². The molecule has 10 unspecified atom stereocenters. The molecule has 6 heteroatoms. The summed E-state index contributed by atoms with van der Waals surface area (Å²) in [6.45, 7) is 7.25. The summed E-state index contributed by atoms with van der Waals surface area (Å²) in [5, 5.41) is 12.6. The molecule has 4 heterocycles. The topological polar surface area (TPSA) is 68.2 Å². The summed E-state index contributed by atoms with van der Waals surface area (Å²) in [6, 6.07) is 11.7. The van der Waals surface area contributed by atoms with Gasteiger partial charge in [0.2, 0.25) is 5.76 Å². The Morgan fingerprint density at radius 3 is 2.59 bits per heavy atom. The lowest BCUT2D eigenvalue weighted by Crippen LogP contribution is -2.61. The van der Waals surface area contributed by atoms with Crippen LogP contribution in [0.15, 0.2) is 77.2 Å². The number of hydrogen-bond donors (Lipinski definition) is 1. The van der Waals surface area contributed by atoms with Crippen LogP contribution in [0.4, 0.5) is 0 Å². The van der Waals surface area contributed by atoms with E-state index in [2.05, 4.69) is 67.3 Å². The van der Waals surface area contributed by atoms with Crippen LogP contribution in [0.3, 0.4) is 0 Å². The Morgan fingerprint density at radius 2 is 1.85 bits per heavy atom. The fourth-order valence-electron chi connectivity index (χ4n) is 11.5.